The van der Waals surface area contributed by atoms with Crippen LogP contribution in [0.15, 0.2) is 23.2 Å². The lowest BCUT2D eigenvalue weighted by atomic mass is 10.4. The zero-order valence-electron chi connectivity index (χ0n) is 9.88. The summed E-state index contributed by atoms with van der Waals surface area (Å²) in [6.45, 7) is 4.42. The minimum absolute atomic E-state index is 0.105. The number of aromatic nitrogens is 1. The number of nitrogens with one attached hydrogen (secondary N) is 1. The smallest absolute Gasteiger partial charge is 0.240 e. The molecule has 7 heteroatoms. The van der Waals surface area contributed by atoms with Gasteiger partial charge in [-0.2, -0.15) is 0 Å². The quantitative estimate of drug-likeness (QED) is 0.769. The molecule has 6 nitrogen and oxygen atoms in total. The van der Waals surface area contributed by atoms with E-state index in [1.54, 1.807) is 6.92 Å². The highest BCUT2D eigenvalue weighted by molar-refractivity contribution is 7.89. The van der Waals surface area contributed by atoms with Gasteiger partial charge in [-0.05, 0) is 19.9 Å². The number of nitrogen functional groups attached to an aromatic ring is 1. The average molecular weight is 259 g/mol. The summed E-state index contributed by atoms with van der Waals surface area (Å²) in [5, 5.41) is 0. The highest BCUT2D eigenvalue weighted by atomic mass is 32.2. The van der Waals surface area contributed by atoms with E-state index in [4.69, 9.17) is 10.5 Å². The van der Waals surface area contributed by atoms with Crippen LogP contribution in [0.4, 0.5) is 5.82 Å². The fourth-order valence-electron chi connectivity index (χ4n) is 1.25. The van der Waals surface area contributed by atoms with E-state index < -0.39 is 10.0 Å². The van der Waals surface area contributed by atoms with Gasteiger partial charge in [-0.3, -0.25) is 0 Å². The molecule has 0 radical (unpaired) electrons. The van der Waals surface area contributed by atoms with Crippen LogP contribution >= 0.6 is 0 Å². The van der Waals surface area contributed by atoms with Crippen molar-refractivity contribution in [3.05, 3.63) is 18.3 Å². The zero-order valence-corrected chi connectivity index (χ0v) is 10.7. The SMILES string of the molecule is CCOC(C)CNS(=O)(=O)c1ccnc(N)c1. The maximum atomic E-state index is 11.8. The fourth-order valence-corrected chi connectivity index (χ4v) is 2.39. The van der Waals surface area contributed by atoms with Gasteiger partial charge < -0.3 is 10.5 Å². The van der Waals surface area contributed by atoms with Crippen LogP contribution in [-0.2, 0) is 14.8 Å². The molecule has 0 aromatic carbocycles. The summed E-state index contributed by atoms with van der Waals surface area (Å²) < 4.78 is 31.4. The topological polar surface area (TPSA) is 94.3 Å². The van der Waals surface area contributed by atoms with E-state index in [9.17, 15) is 8.42 Å². The molecule has 1 aromatic heterocycles. The molecule has 1 rings (SSSR count). The molecule has 1 heterocycles. The molecule has 0 saturated heterocycles. The molecule has 0 fully saturated rings. The number of sulfonamides is 1. The van der Waals surface area contributed by atoms with Crippen LogP contribution in [0.2, 0.25) is 0 Å². The lowest BCUT2D eigenvalue weighted by Crippen LogP contribution is -2.32. The van der Waals surface area contributed by atoms with Crippen molar-refractivity contribution in [1.29, 1.82) is 0 Å². The third-order valence-electron chi connectivity index (χ3n) is 2.07. The number of nitrogens with two attached hydrogens (primary N) is 1. The Hall–Kier alpha value is -1.18. The summed E-state index contributed by atoms with van der Waals surface area (Å²) in [4.78, 5) is 3.84. The lowest BCUT2D eigenvalue weighted by molar-refractivity contribution is 0.0799. The molecule has 17 heavy (non-hydrogen) atoms. The van der Waals surface area contributed by atoms with E-state index in [-0.39, 0.29) is 23.4 Å². The Bertz CT molecular complexity index is 462. The molecule has 1 aromatic rings. The minimum atomic E-state index is -3.55. The Morgan fingerprint density at radius 3 is 2.88 bits per heavy atom. The molecule has 96 valence electrons. The Morgan fingerprint density at radius 2 is 2.29 bits per heavy atom. The van der Waals surface area contributed by atoms with E-state index in [1.807, 2.05) is 6.92 Å². The molecule has 1 atom stereocenters. The van der Waals surface area contributed by atoms with Gasteiger partial charge >= 0.3 is 0 Å². The molecule has 0 aliphatic carbocycles. The molecule has 1 unspecified atom stereocenters. The summed E-state index contributed by atoms with van der Waals surface area (Å²) in [5.74, 6) is 0.172. The van der Waals surface area contributed by atoms with E-state index in [0.717, 1.165) is 0 Å². The molecule has 3 N–H and O–H groups in total. The fraction of sp³-hybridized carbons (Fsp3) is 0.500. The highest BCUT2D eigenvalue weighted by Crippen LogP contribution is 2.10. The first kappa shape index (κ1) is 13.9. The average Bonchev–Trinajstić information content (AvgIpc) is 2.27. The predicted octanol–water partition coefficient (Wildman–Crippen LogP) is 0.367. The largest absolute Gasteiger partial charge is 0.384 e. The van der Waals surface area contributed by atoms with E-state index in [0.29, 0.717) is 6.61 Å². The Balaban J connectivity index is 2.69. The van der Waals surface area contributed by atoms with Gasteiger partial charge in [0.2, 0.25) is 10.0 Å². The standard InChI is InChI=1S/C10H17N3O3S/c1-3-16-8(2)7-13-17(14,15)9-4-5-12-10(11)6-9/h4-6,8,13H,3,7H2,1-2H3,(H2,11,12). The number of anilines is 1. The summed E-state index contributed by atoms with van der Waals surface area (Å²) in [7, 11) is -3.55. The van der Waals surface area contributed by atoms with Crippen LogP contribution in [-0.4, -0.2) is 32.7 Å². The number of ether oxygens (including phenoxy) is 1. The van der Waals surface area contributed by atoms with Crippen molar-refractivity contribution in [3.63, 3.8) is 0 Å². The molecule has 0 bridgehead atoms. The maximum Gasteiger partial charge on any atom is 0.240 e. The Morgan fingerprint density at radius 1 is 1.59 bits per heavy atom. The molecule has 0 amide bonds. The van der Waals surface area contributed by atoms with Gasteiger partial charge in [0.25, 0.3) is 0 Å². The number of hydrogen-bond donors (Lipinski definition) is 2. The Labute approximate surface area is 101 Å². The summed E-state index contributed by atoms with van der Waals surface area (Å²) in [5.41, 5.74) is 5.43. The summed E-state index contributed by atoms with van der Waals surface area (Å²) in [6.07, 6.45) is 1.18. The van der Waals surface area contributed by atoms with Crippen molar-refractivity contribution in [2.24, 2.45) is 0 Å². The van der Waals surface area contributed by atoms with Gasteiger partial charge in [-0.1, -0.05) is 0 Å². The molecule has 0 saturated carbocycles. The molecule has 0 aliphatic heterocycles. The van der Waals surface area contributed by atoms with Gasteiger partial charge in [0, 0.05) is 25.4 Å². The van der Waals surface area contributed by atoms with Gasteiger partial charge in [-0.25, -0.2) is 18.1 Å². The van der Waals surface area contributed by atoms with E-state index in [2.05, 4.69) is 9.71 Å². The van der Waals surface area contributed by atoms with Crippen LogP contribution in [0.5, 0.6) is 0 Å². The van der Waals surface area contributed by atoms with E-state index in [1.165, 1.54) is 18.3 Å². The number of rotatable bonds is 6. The van der Waals surface area contributed by atoms with Crippen molar-refractivity contribution in [1.82, 2.24) is 9.71 Å². The summed E-state index contributed by atoms with van der Waals surface area (Å²) in [6, 6.07) is 2.71. The van der Waals surface area contributed by atoms with Crippen molar-refractivity contribution in [2.45, 2.75) is 24.8 Å². The number of nitrogens with zero attached hydrogens (tertiary/aromatic N) is 1. The van der Waals surface area contributed by atoms with Crippen molar-refractivity contribution in [2.75, 3.05) is 18.9 Å². The van der Waals surface area contributed by atoms with Crippen LogP contribution in [0, 0.1) is 0 Å². The molecule has 0 aliphatic rings. The second kappa shape index (κ2) is 5.95. The van der Waals surface area contributed by atoms with Gasteiger partial charge in [0.15, 0.2) is 0 Å². The first-order chi connectivity index (χ1) is 7.95. The number of hydrogen-bond acceptors (Lipinski definition) is 5. The predicted molar refractivity (Wildman–Crippen MR) is 64.9 cm³/mol. The summed E-state index contributed by atoms with van der Waals surface area (Å²) >= 11 is 0. The van der Waals surface area contributed by atoms with Gasteiger partial charge in [0.05, 0.1) is 11.0 Å². The van der Waals surface area contributed by atoms with Crippen LogP contribution in [0.25, 0.3) is 0 Å². The third-order valence-corrected chi connectivity index (χ3v) is 3.50. The van der Waals surface area contributed by atoms with Crippen LogP contribution in [0.1, 0.15) is 13.8 Å². The minimum Gasteiger partial charge on any atom is -0.384 e. The van der Waals surface area contributed by atoms with Crippen LogP contribution < -0.4 is 10.5 Å². The second-order valence-electron chi connectivity index (χ2n) is 3.53. The van der Waals surface area contributed by atoms with Gasteiger partial charge in [-0.15, -0.1) is 0 Å². The second-order valence-corrected chi connectivity index (χ2v) is 5.30. The van der Waals surface area contributed by atoms with Crippen molar-refractivity contribution < 1.29 is 13.2 Å². The van der Waals surface area contributed by atoms with E-state index >= 15 is 0 Å². The monoisotopic (exact) mass is 259 g/mol. The van der Waals surface area contributed by atoms with Gasteiger partial charge in [0.1, 0.15) is 5.82 Å². The van der Waals surface area contributed by atoms with Crippen LogP contribution in [0.3, 0.4) is 0 Å². The normalized spacial score (nSPS) is 13.5. The molecular weight excluding hydrogens is 242 g/mol. The lowest BCUT2D eigenvalue weighted by Gasteiger charge is -2.12. The van der Waals surface area contributed by atoms with Crippen molar-refractivity contribution >= 4 is 15.8 Å². The molecule has 0 spiro atoms. The first-order valence-electron chi connectivity index (χ1n) is 5.28. The van der Waals surface area contributed by atoms with Crippen molar-refractivity contribution in [3.8, 4) is 0 Å². The third kappa shape index (κ3) is 4.29. The maximum absolute atomic E-state index is 11.8. The highest BCUT2D eigenvalue weighted by Gasteiger charge is 2.15. The molecular formula is C10H17N3O3S. The Kier molecular flexibility index (Phi) is 4.86. The zero-order chi connectivity index (χ0) is 12.9. The first-order valence-corrected chi connectivity index (χ1v) is 6.77. The number of pyridine rings is 1.